The van der Waals surface area contributed by atoms with E-state index in [1.54, 1.807) is 0 Å². The molecule has 0 aromatic heterocycles. The monoisotopic (exact) mass is 325 g/mol. The molecule has 1 heterocycles. The standard InChI is InChI=1S/C16H21F2N3O2/c17-13-4-1-5-14(18)12(13)9-15(22)21-8-2-3-11(10-21)16(23)20-7-6-19/h1,4-5,11H,2-3,6-10,19H2,(H,20,23). The van der Waals surface area contributed by atoms with Crippen molar-refractivity contribution in [2.75, 3.05) is 26.2 Å². The maximum absolute atomic E-state index is 13.6. The van der Waals surface area contributed by atoms with E-state index in [0.717, 1.165) is 12.1 Å². The third-order valence-electron chi connectivity index (χ3n) is 3.98. The number of benzene rings is 1. The number of rotatable bonds is 5. The molecule has 0 bridgehead atoms. The number of nitrogens with two attached hydrogens (primary N) is 1. The summed E-state index contributed by atoms with van der Waals surface area (Å²) >= 11 is 0. The van der Waals surface area contributed by atoms with E-state index in [1.807, 2.05) is 0 Å². The Balaban J connectivity index is 1.98. The van der Waals surface area contributed by atoms with Crippen LogP contribution in [0.2, 0.25) is 0 Å². The van der Waals surface area contributed by atoms with Gasteiger partial charge in [0.25, 0.3) is 0 Å². The maximum Gasteiger partial charge on any atom is 0.227 e. The molecule has 5 nitrogen and oxygen atoms in total. The van der Waals surface area contributed by atoms with E-state index in [9.17, 15) is 18.4 Å². The van der Waals surface area contributed by atoms with Crippen molar-refractivity contribution in [2.45, 2.75) is 19.3 Å². The Morgan fingerprint density at radius 2 is 2.00 bits per heavy atom. The Morgan fingerprint density at radius 3 is 2.65 bits per heavy atom. The van der Waals surface area contributed by atoms with E-state index in [4.69, 9.17) is 5.73 Å². The first-order valence-corrected chi connectivity index (χ1v) is 7.71. The molecule has 0 saturated carbocycles. The van der Waals surface area contributed by atoms with Crippen molar-refractivity contribution in [1.82, 2.24) is 10.2 Å². The molecule has 23 heavy (non-hydrogen) atoms. The molecule has 1 unspecified atom stereocenters. The molecule has 2 amide bonds. The van der Waals surface area contributed by atoms with Gasteiger partial charge in [-0.2, -0.15) is 0 Å². The summed E-state index contributed by atoms with van der Waals surface area (Å²) in [5.41, 5.74) is 5.12. The van der Waals surface area contributed by atoms with Crippen molar-refractivity contribution < 1.29 is 18.4 Å². The summed E-state index contributed by atoms with van der Waals surface area (Å²) in [4.78, 5) is 25.8. The second-order valence-electron chi connectivity index (χ2n) is 5.64. The molecular formula is C16H21F2N3O2. The number of likely N-dealkylation sites (tertiary alicyclic amines) is 1. The Labute approximate surface area is 133 Å². The zero-order valence-corrected chi connectivity index (χ0v) is 12.9. The van der Waals surface area contributed by atoms with E-state index in [1.165, 1.54) is 11.0 Å². The zero-order valence-electron chi connectivity index (χ0n) is 12.9. The van der Waals surface area contributed by atoms with Gasteiger partial charge in [-0.15, -0.1) is 0 Å². The van der Waals surface area contributed by atoms with Gasteiger partial charge in [-0.05, 0) is 25.0 Å². The maximum atomic E-state index is 13.6. The summed E-state index contributed by atoms with van der Waals surface area (Å²) in [6.45, 7) is 1.51. The van der Waals surface area contributed by atoms with Crippen LogP contribution in [0.1, 0.15) is 18.4 Å². The molecule has 0 spiro atoms. The molecule has 2 rings (SSSR count). The molecular weight excluding hydrogens is 304 g/mol. The van der Waals surface area contributed by atoms with Gasteiger partial charge in [0, 0.05) is 31.7 Å². The Kier molecular flexibility index (Phi) is 6.04. The Bertz CT molecular complexity index is 560. The van der Waals surface area contributed by atoms with Crippen molar-refractivity contribution in [3.63, 3.8) is 0 Å². The van der Waals surface area contributed by atoms with Crippen molar-refractivity contribution in [3.8, 4) is 0 Å². The van der Waals surface area contributed by atoms with Crippen LogP contribution in [0.3, 0.4) is 0 Å². The minimum atomic E-state index is -0.729. The minimum Gasteiger partial charge on any atom is -0.355 e. The molecule has 1 aliphatic rings. The van der Waals surface area contributed by atoms with Crippen molar-refractivity contribution in [2.24, 2.45) is 11.7 Å². The van der Waals surface area contributed by atoms with Crippen LogP contribution in [0, 0.1) is 17.6 Å². The Hall–Kier alpha value is -2.02. The van der Waals surface area contributed by atoms with Crippen LogP contribution in [0.15, 0.2) is 18.2 Å². The highest BCUT2D eigenvalue weighted by molar-refractivity contribution is 5.82. The molecule has 3 N–H and O–H groups in total. The fourth-order valence-corrected chi connectivity index (χ4v) is 2.72. The van der Waals surface area contributed by atoms with E-state index < -0.39 is 11.6 Å². The lowest BCUT2D eigenvalue weighted by atomic mass is 9.96. The van der Waals surface area contributed by atoms with Gasteiger partial charge >= 0.3 is 0 Å². The highest BCUT2D eigenvalue weighted by Crippen LogP contribution is 2.19. The molecule has 1 aromatic carbocycles. The van der Waals surface area contributed by atoms with Gasteiger partial charge in [-0.25, -0.2) is 8.78 Å². The normalized spacial score (nSPS) is 17.9. The van der Waals surface area contributed by atoms with Gasteiger partial charge in [-0.3, -0.25) is 9.59 Å². The van der Waals surface area contributed by atoms with Crippen molar-refractivity contribution >= 4 is 11.8 Å². The fourth-order valence-electron chi connectivity index (χ4n) is 2.72. The zero-order chi connectivity index (χ0) is 16.8. The summed E-state index contributed by atoms with van der Waals surface area (Å²) in [5.74, 6) is -2.26. The lowest BCUT2D eigenvalue weighted by Gasteiger charge is -2.32. The summed E-state index contributed by atoms with van der Waals surface area (Å²) < 4.78 is 27.3. The molecule has 1 fully saturated rings. The number of halogens is 2. The smallest absolute Gasteiger partial charge is 0.227 e. The fraction of sp³-hybridized carbons (Fsp3) is 0.500. The number of hydrogen-bond donors (Lipinski definition) is 2. The first kappa shape index (κ1) is 17.3. The highest BCUT2D eigenvalue weighted by atomic mass is 19.1. The van der Waals surface area contributed by atoms with Crippen LogP contribution in [0.4, 0.5) is 8.78 Å². The van der Waals surface area contributed by atoms with E-state index in [-0.39, 0.29) is 36.3 Å². The molecule has 126 valence electrons. The van der Waals surface area contributed by atoms with Gasteiger partial charge in [0.05, 0.1) is 12.3 Å². The molecule has 7 heteroatoms. The van der Waals surface area contributed by atoms with E-state index in [0.29, 0.717) is 32.5 Å². The first-order chi connectivity index (χ1) is 11.0. The van der Waals surface area contributed by atoms with E-state index >= 15 is 0 Å². The van der Waals surface area contributed by atoms with Crippen LogP contribution < -0.4 is 11.1 Å². The van der Waals surface area contributed by atoms with Gasteiger partial charge in [0.1, 0.15) is 11.6 Å². The van der Waals surface area contributed by atoms with Gasteiger partial charge in [-0.1, -0.05) is 6.07 Å². The summed E-state index contributed by atoms with van der Waals surface area (Å²) in [6.07, 6.45) is 1.04. The molecule has 1 saturated heterocycles. The Morgan fingerprint density at radius 1 is 1.30 bits per heavy atom. The second-order valence-corrected chi connectivity index (χ2v) is 5.64. The van der Waals surface area contributed by atoms with Crippen LogP contribution in [0.5, 0.6) is 0 Å². The third kappa shape index (κ3) is 4.48. The third-order valence-corrected chi connectivity index (χ3v) is 3.98. The largest absolute Gasteiger partial charge is 0.355 e. The lowest BCUT2D eigenvalue weighted by Crippen LogP contribution is -2.46. The predicted molar refractivity (Wildman–Crippen MR) is 81.4 cm³/mol. The average Bonchev–Trinajstić information content (AvgIpc) is 2.56. The van der Waals surface area contributed by atoms with Crippen LogP contribution in [-0.4, -0.2) is 42.9 Å². The van der Waals surface area contributed by atoms with E-state index in [2.05, 4.69) is 5.32 Å². The topological polar surface area (TPSA) is 75.4 Å². The number of piperidine rings is 1. The number of carbonyl (C=O) groups excluding carboxylic acids is 2. The van der Waals surface area contributed by atoms with Crippen LogP contribution >= 0.6 is 0 Å². The van der Waals surface area contributed by atoms with Gasteiger partial charge in [0.15, 0.2) is 0 Å². The van der Waals surface area contributed by atoms with Crippen LogP contribution in [-0.2, 0) is 16.0 Å². The summed E-state index contributed by atoms with van der Waals surface area (Å²) in [7, 11) is 0. The summed E-state index contributed by atoms with van der Waals surface area (Å²) in [5, 5.41) is 2.71. The minimum absolute atomic E-state index is 0.134. The molecule has 1 aromatic rings. The molecule has 1 aliphatic heterocycles. The molecule has 0 radical (unpaired) electrons. The quantitative estimate of drug-likeness (QED) is 0.842. The van der Waals surface area contributed by atoms with Gasteiger partial charge < -0.3 is 16.0 Å². The number of carbonyl (C=O) groups is 2. The number of hydrogen-bond acceptors (Lipinski definition) is 3. The van der Waals surface area contributed by atoms with Crippen molar-refractivity contribution in [1.29, 1.82) is 0 Å². The first-order valence-electron chi connectivity index (χ1n) is 7.71. The van der Waals surface area contributed by atoms with Gasteiger partial charge in [0.2, 0.25) is 11.8 Å². The molecule has 1 atom stereocenters. The lowest BCUT2D eigenvalue weighted by molar-refractivity contribution is -0.135. The SMILES string of the molecule is NCCNC(=O)C1CCCN(C(=O)Cc2c(F)cccc2F)C1. The summed E-state index contributed by atoms with van der Waals surface area (Å²) in [6, 6.07) is 3.52. The highest BCUT2D eigenvalue weighted by Gasteiger charge is 2.28. The van der Waals surface area contributed by atoms with Crippen LogP contribution in [0.25, 0.3) is 0 Å². The number of nitrogens with zero attached hydrogens (tertiary/aromatic N) is 1. The second kappa shape index (κ2) is 8.01. The average molecular weight is 325 g/mol. The van der Waals surface area contributed by atoms with Crippen molar-refractivity contribution in [3.05, 3.63) is 35.4 Å². The number of amides is 2. The molecule has 0 aliphatic carbocycles. The number of nitrogens with one attached hydrogen (secondary N) is 1. The predicted octanol–water partition coefficient (Wildman–Crippen LogP) is 0.821.